The van der Waals surface area contributed by atoms with Crippen LogP contribution in [0.2, 0.25) is 0 Å². The lowest BCUT2D eigenvalue weighted by molar-refractivity contribution is 0.312. The number of rotatable bonds is 4. The molecule has 1 aromatic heterocycles. The Kier molecular flexibility index (Phi) is 4.58. The Labute approximate surface area is 116 Å². The summed E-state index contributed by atoms with van der Waals surface area (Å²) in [6.07, 6.45) is 1.09. The molecule has 5 nitrogen and oxygen atoms in total. The molecular formula is C14H25N5. The third-order valence-corrected chi connectivity index (χ3v) is 3.66. The number of hydrogen-bond donors (Lipinski definition) is 1. The lowest BCUT2D eigenvalue weighted by Crippen LogP contribution is -2.44. The topological polar surface area (TPSA) is 44.3 Å². The maximum absolute atomic E-state index is 4.57. The highest BCUT2D eigenvalue weighted by Crippen LogP contribution is 2.18. The first-order valence-electron chi connectivity index (χ1n) is 7.14. The van der Waals surface area contributed by atoms with E-state index in [-0.39, 0.29) is 0 Å². The second-order valence-corrected chi connectivity index (χ2v) is 5.40. The van der Waals surface area contributed by atoms with E-state index in [1.807, 2.05) is 6.92 Å². The monoisotopic (exact) mass is 263 g/mol. The van der Waals surface area contributed by atoms with Crippen LogP contribution >= 0.6 is 0 Å². The first kappa shape index (κ1) is 14.1. The first-order chi connectivity index (χ1) is 9.08. The number of hydrogen-bond acceptors (Lipinski definition) is 5. The lowest BCUT2D eigenvalue weighted by atomic mass is 10.2. The molecule has 5 heteroatoms. The fraction of sp³-hybridized carbons (Fsp3) is 0.714. The van der Waals surface area contributed by atoms with Gasteiger partial charge in [-0.2, -0.15) is 0 Å². The molecule has 1 atom stereocenters. The summed E-state index contributed by atoms with van der Waals surface area (Å²) in [7, 11) is 2.17. The molecule has 0 aliphatic carbocycles. The maximum Gasteiger partial charge on any atom is 0.134 e. The van der Waals surface area contributed by atoms with E-state index in [1.54, 1.807) is 0 Å². The van der Waals surface area contributed by atoms with Crippen LogP contribution in [0.1, 0.15) is 26.1 Å². The molecule has 1 aliphatic rings. The van der Waals surface area contributed by atoms with Crippen LogP contribution in [-0.2, 0) is 0 Å². The molecule has 0 amide bonds. The van der Waals surface area contributed by atoms with Gasteiger partial charge in [-0.3, -0.25) is 0 Å². The molecule has 19 heavy (non-hydrogen) atoms. The minimum absolute atomic E-state index is 0.439. The third-order valence-electron chi connectivity index (χ3n) is 3.66. The Balaban J connectivity index is 2.12. The number of aromatic nitrogens is 2. The van der Waals surface area contributed by atoms with Crippen molar-refractivity contribution in [2.24, 2.45) is 0 Å². The van der Waals surface area contributed by atoms with Gasteiger partial charge in [0.2, 0.25) is 0 Å². The molecule has 106 valence electrons. The van der Waals surface area contributed by atoms with Gasteiger partial charge in [-0.25, -0.2) is 9.97 Å². The number of nitrogens with one attached hydrogen (secondary N) is 1. The molecule has 0 saturated carbocycles. The van der Waals surface area contributed by atoms with Crippen molar-refractivity contribution >= 4 is 11.6 Å². The van der Waals surface area contributed by atoms with Gasteiger partial charge in [0.25, 0.3) is 0 Å². The van der Waals surface area contributed by atoms with E-state index in [9.17, 15) is 0 Å². The molecule has 2 heterocycles. The predicted octanol–water partition coefficient (Wildman–Crippen LogP) is 1.75. The van der Waals surface area contributed by atoms with Crippen LogP contribution in [0.4, 0.5) is 11.6 Å². The van der Waals surface area contributed by atoms with Gasteiger partial charge in [-0.1, -0.05) is 6.92 Å². The van der Waals surface area contributed by atoms with Crippen molar-refractivity contribution in [1.82, 2.24) is 14.9 Å². The average molecular weight is 263 g/mol. The molecule has 1 aliphatic heterocycles. The van der Waals surface area contributed by atoms with Gasteiger partial charge >= 0.3 is 0 Å². The predicted molar refractivity (Wildman–Crippen MR) is 79.9 cm³/mol. The van der Waals surface area contributed by atoms with Crippen molar-refractivity contribution in [2.45, 2.75) is 33.2 Å². The molecular weight excluding hydrogens is 238 g/mol. The Bertz CT molecular complexity index is 412. The highest BCUT2D eigenvalue weighted by atomic mass is 15.3. The summed E-state index contributed by atoms with van der Waals surface area (Å²) in [4.78, 5) is 13.7. The van der Waals surface area contributed by atoms with Gasteiger partial charge in [-0.05, 0) is 27.3 Å². The van der Waals surface area contributed by atoms with Crippen molar-refractivity contribution in [3.05, 3.63) is 11.9 Å². The number of aryl methyl sites for hydroxylation is 1. The number of piperazine rings is 1. The second-order valence-electron chi connectivity index (χ2n) is 5.40. The molecule has 0 radical (unpaired) electrons. The molecule has 1 aromatic rings. The molecule has 0 aromatic carbocycles. The zero-order chi connectivity index (χ0) is 13.8. The smallest absolute Gasteiger partial charge is 0.134 e. The van der Waals surface area contributed by atoms with Crippen molar-refractivity contribution in [3.8, 4) is 0 Å². The summed E-state index contributed by atoms with van der Waals surface area (Å²) < 4.78 is 0. The van der Waals surface area contributed by atoms with Crippen LogP contribution in [0.15, 0.2) is 6.07 Å². The van der Waals surface area contributed by atoms with Crippen LogP contribution in [0, 0.1) is 6.92 Å². The summed E-state index contributed by atoms with van der Waals surface area (Å²) in [6.45, 7) is 10.6. The zero-order valence-corrected chi connectivity index (χ0v) is 12.5. The summed E-state index contributed by atoms with van der Waals surface area (Å²) in [5.41, 5.74) is 0. The van der Waals surface area contributed by atoms with Crippen LogP contribution in [-0.4, -0.2) is 54.1 Å². The summed E-state index contributed by atoms with van der Waals surface area (Å²) >= 11 is 0. The molecule has 0 bridgehead atoms. The van der Waals surface area contributed by atoms with Crippen LogP contribution in [0.5, 0.6) is 0 Å². The Morgan fingerprint density at radius 3 is 2.58 bits per heavy atom. The Morgan fingerprint density at radius 1 is 1.26 bits per heavy atom. The Morgan fingerprint density at radius 2 is 1.95 bits per heavy atom. The second kappa shape index (κ2) is 6.19. The molecule has 2 rings (SSSR count). The van der Waals surface area contributed by atoms with Gasteiger partial charge in [0.05, 0.1) is 0 Å². The van der Waals surface area contributed by atoms with E-state index in [0.717, 1.165) is 50.1 Å². The Hall–Kier alpha value is -1.36. The van der Waals surface area contributed by atoms with Gasteiger partial charge in [0, 0.05) is 38.3 Å². The molecule has 1 N–H and O–H groups in total. The van der Waals surface area contributed by atoms with Crippen molar-refractivity contribution in [2.75, 3.05) is 43.4 Å². The molecule has 0 spiro atoms. The van der Waals surface area contributed by atoms with E-state index < -0.39 is 0 Å². The van der Waals surface area contributed by atoms with Gasteiger partial charge in [0.1, 0.15) is 17.5 Å². The number of nitrogens with zero attached hydrogens (tertiary/aromatic N) is 4. The molecule has 1 fully saturated rings. The van der Waals surface area contributed by atoms with Crippen molar-refractivity contribution in [3.63, 3.8) is 0 Å². The largest absolute Gasteiger partial charge is 0.367 e. The van der Waals surface area contributed by atoms with E-state index in [4.69, 9.17) is 0 Å². The highest BCUT2D eigenvalue weighted by Gasteiger charge is 2.16. The van der Waals surface area contributed by atoms with Gasteiger partial charge in [-0.15, -0.1) is 0 Å². The number of likely N-dealkylation sites (N-methyl/N-ethyl adjacent to an activating group) is 1. The highest BCUT2D eigenvalue weighted by molar-refractivity contribution is 5.50. The van der Waals surface area contributed by atoms with E-state index >= 15 is 0 Å². The van der Waals surface area contributed by atoms with Crippen molar-refractivity contribution < 1.29 is 0 Å². The minimum Gasteiger partial charge on any atom is -0.367 e. The summed E-state index contributed by atoms with van der Waals surface area (Å²) in [5.74, 6) is 2.82. The first-order valence-corrected chi connectivity index (χ1v) is 7.14. The fourth-order valence-electron chi connectivity index (χ4n) is 2.18. The van der Waals surface area contributed by atoms with Gasteiger partial charge in [0.15, 0.2) is 0 Å². The quantitative estimate of drug-likeness (QED) is 0.896. The summed E-state index contributed by atoms with van der Waals surface area (Å²) in [6, 6.07) is 2.51. The SMILES string of the molecule is CCC(C)Nc1cc(N2CCN(C)CC2)nc(C)n1. The van der Waals surface area contributed by atoms with Crippen LogP contribution in [0.25, 0.3) is 0 Å². The van der Waals surface area contributed by atoms with E-state index in [0.29, 0.717) is 6.04 Å². The summed E-state index contributed by atoms with van der Waals surface area (Å²) in [5, 5.41) is 3.43. The normalized spacial score (nSPS) is 18.4. The molecule has 1 unspecified atom stereocenters. The maximum atomic E-state index is 4.57. The van der Waals surface area contributed by atoms with Crippen LogP contribution < -0.4 is 10.2 Å². The van der Waals surface area contributed by atoms with E-state index in [1.165, 1.54) is 0 Å². The fourth-order valence-corrected chi connectivity index (χ4v) is 2.18. The zero-order valence-electron chi connectivity index (χ0n) is 12.5. The average Bonchev–Trinajstić information content (AvgIpc) is 2.38. The lowest BCUT2D eigenvalue weighted by Gasteiger charge is -2.33. The molecule has 1 saturated heterocycles. The minimum atomic E-state index is 0.439. The third kappa shape index (κ3) is 3.80. The van der Waals surface area contributed by atoms with Gasteiger partial charge < -0.3 is 15.1 Å². The number of anilines is 2. The van der Waals surface area contributed by atoms with Crippen molar-refractivity contribution in [1.29, 1.82) is 0 Å². The standard InChI is InChI=1S/C14H25N5/c1-5-11(2)15-13-10-14(17-12(3)16-13)19-8-6-18(4)7-9-19/h10-11H,5-9H2,1-4H3,(H,15,16,17). The van der Waals surface area contributed by atoms with E-state index in [2.05, 4.69) is 52.0 Å². The van der Waals surface area contributed by atoms with Crippen LogP contribution in [0.3, 0.4) is 0 Å².